The van der Waals surface area contributed by atoms with Gasteiger partial charge in [-0.05, 0) is 56.6 Å². The predicted molar refractivity (Wildman–Crippen MR) is 106 cm³/mol. The molecule has 1 unspecified atom stereocenters. The average Bonchev–Trinajstić information content (AvgIpc) is 3.17. The lowest BCUT2D eigenvalue weighted by molar-refractivity contribution is 0.0944. The Balaban J connectivity index is 1.76. The van der Waals surface area contributed by atoms with Gasteiger partial charge in [-0.15, -0.1) is 0 Å². The van der Waals surface area contributed by atoms with Gasteiger partial charge in [-0.25, -0.2) is 0 Å². The van der Waals surface area contributed by atoms with E-state index in [0.717, 1.165) is 25.9 Å². The van der Waals surface area contributed by atoms with Crippen molar-refractivity contribution in [3.63, 3.8) is 0 Å². The van der Waals surface area contributed by atoms with E-state index in [9.17, 15) is 9.59 Å². The van der Waals surface area contributed by atoms with E-state index in [0.29, 0.717) is 47.5 Å². The topological polar surface area (TPSA) is 85.3 Å². The Morgan fingerprint density at radius 3 is 3.07 bits per heavy atom. The minimum Gasteiger partial charge on any atom is -0.382 e. The molecule has 1 aromatic heterocycles. The van der Waals surface area contributed by atoms with Crippen LogP contribution in [0.2, 0.25) is 0 Å². The highest BCUT2D eigenvalue weighted by Crippen LogP contribution is 2.15. The maximum atomic E-state index is 12.8. The van der Waals surface area contributed by atoms with Crippen molar-refractivity contribution < 1.29 is 14.3 Å². The number of rotatable bonds is 8. The standard InChI is InChI=1S/C19H25N3O4S/c1-2-25-9-4-8-20-17(23)13-6-7-15-16(11-13)21-19(27)22(18(15)24)12-14-5-3-10-26-14/h6-7,11,14H,2-5,8-10,12H2,1H3,(H,20,23)(H,21,27). The minimum absolute atomic E-state index is 0.0250. The third-order valence-corrected chi connectivity index (χ3v) is 4.93. The Morgan fingerprint density at radius 2 is 2.33 bits per heavy atom. The molecule has 2 heterocycles. The Morgan fingerprint density at radius 1 is 1.48 bits per heavy atom. The Kier molecular flexibility index (Phi) is 6.76. The van der Waals surface area contributed by atoms with Gasteiger partial charge in [0, 0.05) is 31.9 Å². The zero-order valence-corrected chi connectivity index (χ0v) is 16.3. The molecule has 1 amide bonds. The number of carbonyl (C=O) groups is 1. The molecule has 1 aliphatic heterocycles. The molecule has 1 aliphatic rings. The van der Waals surface area contributed by atoms with Gasteiger partial charge >= 0.3 is 0 Å². The van der Waals surface area contributed by atoms with Crippen molar-refractivity contribution >= 4 is 29.0 Å². The number of amides is 1. The Bertz CT molecular complexity index is 915. The van der Waals surface area contributed by atoms with E-state index in [1.165, 1.54) is 0 Å². The highest BCUT2D eigenvalue weighted by atomic mass is 32.1. The van der Waals surface area contributed by atoms with E-state index >= 15 is 0 Å². The second-order valence-corrected chi connectivity index (χ2v) is 6.93. The van der Waals surface area contributed by atoms with Crippen molar-refractivity contribution in [2.24, 2.45) is 0 Å². The average molecular weight is 391 g/mol. The van der Waals surface area contributed by atoms with E-state index in [-0.39, 0.29) is 17.6 Å². The number of carbonyl (C=O) groups excluding carboxylic acids is 1. The summed E-state index contributed by atoms with van der Waals surface area (Å²) in [7, 11) is 0. The molecule has 3 rings (SSSR count). The van der Waals surface area contributed by atoms with Gasteiger partial charge in [0.2, 0.25) is 0 Å². The number of nitrogens with zero attached hydrogens (tertiary/aromatic N) is 1. The number of benzene rings is 1. The van der Waals surface area contributed by atoms with Crippen molar-refractivity contribution in [2.75, 3.05) is 26.4 Å². The summed E-state index contributed by atoms with van der Waals surface area (Å²) in [6, 6.07) is 5.00. The number of hydrogen-bond donors (Lipinski definition) is 2. The van der Waals surface area contributed by atoms with Gasteiger partial charge in [0.25, 0.3) is 11.5 Å². The van der Waals surface area contributed by atoms with Crippen molar-refractivity contribution in [1.82, 2.24) is 14.9 Å². The van der Waals surface area contributed by atoms with Gasteiger partial charge in [-0.3, -0.25) is 14.2 Å². The van der Waals surface area contributed by atoms with E-state index in [1.54, 1.807) is 22.8 Å². The van der Waals surface area contributed by atoms with Crippen LogP contribution in [-0.4, -0.2) is 47.9 Å². The molecule has 2 N–H and O–H groups in total. The zero-order valence-electron chi connectivity index (χ0n) is 15.5. The van der Waals surface area contributed by atoms with Crippen molar-refractivity contribution in [3.8, 4) is 0 Å². The molecule has 27 heavy (non-hydrogen) atoms. The molecule has 7 nitrogen and oxygen atoms in total. The van der Waals surface area contributed by atoms with Gasteiger partial charge in [0.1, 0.15) is 0 Å². The van der Waals surface area contributed by atoms with E-state index < -0.39 is 0 Å². The van der Waals surface area contributed by atoms with Crippen LogP contribution < -0.4 is 10.9 Å². The maximum Gasteiger partial charge on any atom is 0.262 e. The summed E-state index contributed by atoms with van der Waals surface area (Å²) in [5.41, 5.74) is 0.893. The summed E-state index contributed by atoms with van der Waals surface area (Å²) in [6.45, 7) is 4.94. The van der Waals surface area contributed by atoms with Crippen LogP contribution in [0.15, 0.2) is 23.0 Å². The van der Waals surface area contributed by atoms with Gasteiger partial charge < -0.3 is 19.8 Å². The molecule has 146 valence electrons. The number of H-pyrrole nitrogens is 1. The first-order valence-electron chi connectivity index (χ1n) is 9.34. The molecule has 1 fully saturated rings. The molecule has 1 atom stereocenters. The molecule has 0 bridgehead atoms. The van der Waals surface area contributed by atoms with Crippen LogP contribution in [0.1, 0.15) is 36.5 Å². The normalized spacial score (nSPS) is 16.7. The summed E-state index contributed by atoms with van der Waals surface area (Å²) < 4.78 is 12.7. The van der Waals surface area contributed by atoms with Crippen LogP contribution in [0.3, 0.4) is 0 Å². The van der Waals surface area contributed by atoms with Crippen LogP contribution in [-0.2, 0) is 16.0 Å². The first-order valence-corrected chi connectivity index (χ1v) is 9.75. The van der Waals surface area contributed by atoms with Crippen LogP contribution in [0.4, 0.5) is 0 Å². The molecule has 0 radical (unpaired) electrons. The lowest BCUT2D eigenvalue weighted by atomic mass is 10.1. The molecular weight excluding hydrogens is 366 g/mol. The summed E-state index contributed by atoms with van der Waals surface area (Å²) in [4.78, 5) is 28.2. The quantitative estimate of drug-likeness (QED) is 0.533. The van der Waals surface area contributed by atoms with Gasteiger partial charge in [0.15, 0.2) is 4.77 Å². The number of hydrogen-bond acceptors (Lipinski definition) is 5. The van der Waals surface area contributed by atoms with Crippen LogP contribution in [0.5, 0.6) is 0 Å². The molecule has 2 aromatic rings. The first-order chi connectivity index (χ1) is 13.1. The van der Waals surface area contributed by atoms with E-state index in [2.05, 4.69) is 10.3 Å². The van der Waals surface area contributed by atoms with Crippen molar-refractivity contribution in [1.29, 1.82) is 0 Å². The van der Waals surface area contributed by atoms with Crippen LogP contribution in [0, 0.1) is 4.77 Å². The van der Waals surface area contributed by atoms with E-state index in [1.807, 2.05) is 6.92 Å². The fourth-order valence-corrected chi connectivity index (χ4v) is 3.44. The number of aromatic nitrogens is 2. The lowest BCUT2D eigenvalue weighted by Crippen LogP contribution is -2.28. The number of fused-ring (bicyclic) bond motifs is 1. The molecule has 1 saturated heterocycles. The summed E-state index contributed by atoms with van der Waals surface area (Å²) in [5.74, 6) is -0.184. The SMILES string of the molecule is CCOCCCNC(=O)c1ccc2c(=O)n(CC3CCCO3)c(=S)[nH]c2c1. The summed E-state index contributed by atoms with van der Waals surface area (Å²) >= 11 is 5.36. The fourth-order valence-electron chi connectivity index (χ4n) is 3.18. The molecule has 8 heteroatoms. The minimum atomic E-state index is -0.184. The van der Waals surface area contributed by atoms with Gasteiger partial charge in [-0.1, -0.05) is 0 Å². The first kappa shape index (κ1) is 19.7. The van der Waals surface area contributed by atoms with Gasteiger partial charge in [-0.2, -0.15) is 0 Å². The highest BCUT2D eigenvalue weighted by Gasteiger charge is 2.18. The maximum absolute atomic E-state index is 12.8. The molecule has 0 saturated carbocycles. The highest BCUT2D eigenvalue weighted by molar-refractivity contribution is 7.71. The summed E-state index contributed by atoms with van der Waals surface area (Å²) in [5, 5.41) is 3.36. The molecule has 0 aliphatic carbocycles. The monoisotopic (exact) mass is 391 g/mol. The Labute approximate surface area is 162 Å². The smallest absolute Gasteiger partial charge is 0.262 e. The second kappa shape index (κ2) is 9.25. The van der Waals surface area contributed by atoms with E-state index in [4.69, 9.17) is 21.7 Å². The number of nitrogens with one attached hydrogen (secondary N) is 2. The van der Waals surface area contributed by atoms with Crippen LogP contribution >= 0.6 is 12.2 Å². The second-order valence-electron chi connectivity index (χ2n) is 6.55. The predicted octanol–water partition coefficient (Wildman–Crippen LogP) is 2.39. The molecule has 0 spiro atoms. The largest absolute Gasteiger partial charge is 0.382 e. The third kappa shape index (κ3) is 4.82. The Hall–Kier alpha value is -2.03. The molecule has 1 aromatic carbocycles. The number of ether oxygens (including phenoxy) is 2. The van der Waals surface area contributed by atoms with Crippen LogP contribution in [0.25, 0.3) is 10.9 Å². The zero-order chi connectivity index (χ0) is 19.2. The lowest BCUT2D eigenvalue weighted by Gasteiger charge is -2.13. The third-order valence-electron chi connectivity index (χ3n) is 4.61. The summed E-state index contributed by atoms with van der Waals surface area (Å²) in [6.07, 6.45) is 2.72. The fraction of sp³-hybridized carbons (Fsp3) is 0.526. The van der Waals surface area contributed by atoms with Crippen molar-refractivity contribution in [3.05, 3.63) is 38.9 Å². The van der Waals surface area contributed by atoms with Crippen molar-refractivity contribution in [2.45, 2.75) is 38.8 Å². The molecular formula is C19H25N3O4S. The van der Waals surface area contributed by atoms with Gasteiger partial charge in [0.05, 0.1) is 23.6 Å². The number of aromatic amines is 1.